The average Bonchev–Trinajstić information content (AvgIpc) is 2.97. The van der Waals surface area contributed by atoms with Crippen molar-refractivity contribution in [3.8, 4) is 11.4 Å². The summed E-state index contributed by atoms with van der Waals surface area (Å²) < 4.78 is 30.9. The molecule has 1 aromatic heterocycles. The van der Waals surface area contributed by atoms with Gasteiger partial charge in [0, 0.05) is 18.1 Å². The maximum Gasteiger partial charge on any atom is 0.232 e. The fourth-order valence-electron chi connectivity index (χ4n) is 1.84. The largest absolute Gasteiger partial charge is 0.497 e. The Morgan fingerprint density at radius 3 is 2.57 bits per heavy atom. The molecule has 0 aliphatic heterocycles. The summed E-state index contributed by atoms with van der Waals surface area (Å²) in [6.45, 7) is -0.623. The summed E-state index contributed by atoms with van der Waals surface area (Å²) in [7, 11) is -2.27. The SMILES string of the molecule is COc1ccc(-n2ccnc2S(=O)(=O)C[C@@H](O)CO)cc1. The van der Waals surface area contributed by atoms with Gasteiger partial charge in [-0.15, -0.1) is 0 Å². The van der Waals surface area contributed by atoms with E-state index in [0.717, 1.165) is 0 Å². The van der Waals surface area contributed by atoms with Crippen LogP contribution in [0.5, 0.6) is 5.75 Å². The van der Waals surface area contributed by atoms with Gasteiger partial charge in [0.15, 0.2) is 0 Å². The molecule has 0 aliphatic rings. The molecular weight excluding hydrogens is 296 g/mol. The number of nitrogens with zero attached hydrogens (tertiary/aromatic N) is 2. The average molecular weight is 312 g/mol. The highest BCUT2D eigenvalue weighted by molar-refractivity contribution is 7.91. The van der Waals surface area contributed by atoms with Gasteiger partial charge in [-0.05, 0) is 24.3 Å². The fraction of sp³-hybridized carbons (Fsp3) is 0.308. The van der Waals surface area contributed by atoms with E-state index in [9.17, 15) is 13.5 Å². The van der Waals surface area contributed by atoms with E-state index in [4.69, 9.17) is 9.84 Å². The predicted octanol–water partition coefficient (Wildman–Crippen LogP) is 0.00780. The predicted molar refractivity (Wildman–Crippen MR) is 75.3 cm³/mol. The summed E-state index contributed by atoms with van der Waals surface area (Å²) in [5.41, 5.74) is 0.602. The summed E-state index contributed by atoms with van der Waals surface area (Å²) in [4.78, 5) is 3.85. The number of rotatable bonds is 6. The Kier molecular flexibility index (Phi) is 4.61. The first-order chi connectivity index (χ1) is 9.97. The number of benzene rings is 1. The number of hydrogen-bond acceptors (Lipinski definition) is 6. The van der Waals surface area contributed by atoms with Crippen LogP contribution in [0.3, 0.4) is 0 Å². The second-order valence-corrected chi connectivity index (χ2v) is 6.32. The normalized spacial score (nSPS) is 13.1. The summed E-state index contributed by atoms with van der Waals surface area (Å²) in [6, 6.07) is 6.80. The lowest BCUT2D eigenvalue weighted by Gasteiger charge is -2.11. The summed E-state index contributed by atoms with van der Waals surface area (Å²) in [6.07, 6.45) is 1.54. The second-order valence-electron chi connectivity index (χ2n) is 4.40. The van der Waals surface area contributed by atoms with E-state index in [1.54, 1.807) is 31.4 Å². The molecular formula is C13H16N2O5S. The molecule has 0 aliphatic carbocycles. The van der Waals surface area contributed by atoms with E-state index in [0.29, 0.717) is 11.4 Å². The van der Waals surface area contributed by atoms with E-state index >= 15 is 0 Å². The number of aromatic nitrogens is 2. The molecule has 1 heterocycles. The lowest BCUT2D eigenvalue weighted by Crippen LogP contribution is -2.26. The minimum absolute atomic E-state index is 0.180. The number of aliphatic hydroxyl groups is 2. The molecule has 0 fully saturated rings. The molecule has 0 bridgehead atoms. The highest BCUT2D eigenvalue weighted by Gasteiger charge is 2.24. The molecule has 114 valence electrons. The van der Waals surface area contributed by atoms with Crippen LogP contribution in [0.4, 0.5) is 0 Å². The number of methoxy groups -OCH3 is 1. The van der Waals surface area contributed by atoms with Gasteiger partial charge in [0.05, 0.1) is 25.6 Å². The van der Waals surface area contributed by atoms with Crippen LogP contribution in [0, 0.1) is 0 Å². The smallest absolute Gasteiger partial charge is 0.232 e. The zero-order chi connectivity index (χ0) is 15.5. The molecule has 2 N–H and O–H groups in total. The third kappa shape index (κ3) is 3.41. The van der Waals surface area contributed by atoms with Crippen molar-refractivity contribution in [1.82, 2.24) is 9.55 Å². The lowest BCUT2D eigenvalue weighted by atomic mass is 10.3. The standard InChI is InChI=1S/C13H16N2O5S/c1-20-12-4-2-10(3-5-12)15-7-6-14-13(15)21(18,19)9-11(17)8-16/h2-7,11,16-17H,8-9H2,1H3/t11-/m0/s1. The molecule has 21 heavy (non-hydrogen) atoms. The Morgan fingerprint density at radius 2 is 2.00 bits per heavy atom. The summed E-state index contributed by atoms with van der Waals surface area (Å²) in [5.74, 6) is 0.0652. The van der Waals surface area contributed by atoms with Gasteiger partial charge in [-0.3, -0.25) is 4.57 Å². The minimum atomic E-state index is -3.81. The van der Waals surface area contributed by atoms with Gasteiger partial charge >= 0.3 is 0 Å². The van der Waals surface area contributed by atoms with Gasteiger partial charge in [-0.2, -0.15) is 0 Å². The van der Waals surface area contributed by atoms with Gasteiger partial charge in [0.25, 0.3) is 0 Å². The van der Waals surface area contributed by atoms with Crippen LogP contribution >= 0.6 is 0 Å². The van der Waals surface area contributed by atoms with Crippen LogP contribution in [0.25, 0.3) is 5.69 Å². The fourth-order valence-corrected chi connectivity index (χ4v) is 3.29. The molecule has 0 unspecified atom stereocenters. The number of hydrogen-bond donors (Lipinski definition) is 2. The van der Waals surface area contributed by atoms with Crippen LogP contribution in [0.15, 0.2) is 41.8 Å². The van der Waals surface area contributed by atoms with Crippen LogP contribution in [-0.2, 0) is 9.84 Å². The van der Waals surface area contributed by atoms with E-state index in [1.807, 2.05) is 0 Å². The van der Waals surface area contributed by atoms with Gasteiger partial charge in [0.2, 0.25) is 15.0 Å². The van der Waals surface area contributed by atoms with Crippen molar-refractivity contribution in [2.75, 3.05) is 19.5 Å². The third-order valence-electron chi connectivity index (χ3n) is 2.86. The number of imidazole rings is 1. The van der Waals surface area contributed by atoms with E-state index < -0.39 is 28.3 Å². The highest BCUT2D eigenvalue weighted by atomic mass is 32.2. The monoisotopic (exact) mass is 312 g/mol. The van der Waals surface area contributed by atoms with Crippen molar-refractivity contribution < 1.29 is 23.4 Å². The molecule has 1 atom stereocenters. The molecule has 0 radical (unpaired) electrons. The molecule has 7 nitrogen and oxygen atoms in total. The lowest BCUT2D eigenvalue weighted by molar-refractivity contribution is 0.112. The molecule has 2 aromatic rings. The van der Waals surface area contributed by atoms with Gasteiger partial charge in [-0.25, -0.2) is 13.4 Å². The molecule has 2 rings (SSSR count). The van der Waals surface area contributed by atoms with Crippen molar-refractivity contribution in [1.29, 1.82) is 0 Å². The number of ether oxygens (including phenoxy) is 1. The van der Waals surface area contributed by atoms with Crippen molar-refractivity contribution in [3.05, 3.63) is 36.7 Å². The Bertz CT molecular complexity index is 694. The second kappa shape index (κ2) is 6.25. The first kappa shape index (κ1) is 15.5. The molecule has 0 saturated heterocycles. The van der Waals surface area contributed by atoms with Crippen LogP contribution < -0.4 is 4.74 Å². The highest BCUT2D eigenvalue weighted by Crippen LogP contribution is 2.19. The zero-order valence-electron chi connectivity index (χ0n) is 11.4. The topological polar surface area (TPSA) is 102 Å². The van der Waals surface area contributed by atoms with Crippen molar-refractivity contribution >= 4 is 9.84 Å². The first-order valence-electron chi connectivity index (χ1n) is 6.17. The van der Waals surface area contributed by atoms with Gasteiger partial charge in [0.1, 0.15) is 5.75 Å². The molecule has 0 amide bonds. The minimum Gasteiger partial charge on any atom is -0.497 e. The molecule has 1 aromatic carbocycles. The molecule has 8 heteroatoms. The quantitative estimate of drug-likeness (QED) is 0.779. The Labute approximate surface area is 122 Å². The van der Waals surface area contributed by atoms with Gasteiger partial charge < -0.3 is 14.9 Å². The molecule has 0 spiro atoms. The van der Waals surface area contributed by atoms with Crippen LogP contribution in [0.2, 0.25) is 0 Å². The van der Waals surface area contributed by atoms with Crippen molar-refractivity contribution in [3.63, 3.8) is 0 Å². The van der Waals surface area contributed by atoms with Crippen LogP contribution in [0.1, 0.15) is 0 Å². The van der Waals surface area contributed by atoms with Crippen LogP contribution in [-0.4, -0.2) is 53.8 Å². The van der Waals surface area contributed by atoms with Crippen molar-refractivity contribution in [2.24, 2.45) is 0 Å². The number of sulfone groups is 1. The maximum atomic E-state index is 12.2. The third-order valence-corrected chi connectivity index (χ3v) is 4.54. The Balaban J connectivity index is 2.37. The molecule has 0 saturated carbocycles. The van der Waals surface area contributed by atoms with E-state index in [2.05, 4.69) is 4.98 Å². The van der Waals surface area contributed by atoms with Crippen molar-refractivity contribution in [2.45, 2.75) is 11.3 Å². The van der Waals surface area contributed by atoms with E-state index in [-0.39, 0.29) is 5.16 Å². The zero-order valence-corrected chi connectivity index (χ0v) is 12.2. The van der Waals surface area contributed by atoms with Gasteiger partial charge in [-0.1, -0.05) is 0 Å². The Hall–Kier alpha value is -1.90. The van der Waals surface area contributed by atoms with E-state index in [1.165, 1.54) is 17.0 Å². The maximum absolute atomic E-state index is 12.2. The first-order valence-corrected chi connectivity index (χ1v) is 7.82. The number of aliphatic hydroxyl groups excluding tert-OH is 2. The summed E-state index contributed by atoms with van der Waals surface area (Å²) >= 11 is 0. The Morgan fingerprint density at radius 1 is 1.33 bits per heavy atom. The summed E-state index contributed by atoms with van der Waals surface area (Å²) in [5, 5.41) is 17.9.